The third-order valence-corrected chi connectivity index (χ3v) is 7.11. The van der Waals surface area contributed by atoms with Crippen molar-refractivity contribution in [3.63, 3.8) is 0 Å². The molecule has 0 aliphatic heterocycles. The molecule has 5 rings (SSSR count). The Morgan fingerprint density at radius 3 is 2.65 bits per heavy atom. The first kappa shape index (κ1) is 15.2. The van der Waals surface area contributed by atoms with Gasteiger partial charge in [-0.1, -0.05) is 37.3 Å². The molecule has 5 unspecified atom stereocenters. The third kappa shape index (κ3) is 1.95. The summed E-state index contributed by atoms with van der Waals surface area (Å²) in [5.41, 5.74) is 7.33. The Bertz CT molecular complexity index is 615. The van der Waals surface area contributed by atoms with Crippen molar-refractivity contribution < 1.29 is 4.79 Å². The van der Waals surface area contributed by atoms with E-state index in [0.29, 0.717) is 17.9 Å². The van der Waals surface area contributed by atoms with Crippen LogP contribution in [-0.4, -0.2) is 30.4 Å². The topological polar surface area (TPSA) is 46.3 Å². The molecule has 3 nitrogen and oxygen atoms in total. The van der Waals surface area contributed by atoms with E-state index in [-0.39, 0.29) is 16.7 Å². The van der Waals surface area contributed by atoms with E-state index in [4.69, 9.17) is 5.73 Å². The molecule has 0 heterocycles. The van der Waals surface area contributed by atoms with Crippen molar-refractivity contribution in [1.29, 1.82) is 0 Å². The van der Waals surface area contributed by atoms with Gasteiger partial charge in [0.15, 0.2) is 0 Å². The van der Waals surface area contributed by atoms with E-state index >= 15 is 0 Å². The Kier molecular flexibility index (Phi) is 3.35. The van der Waals surface area contributed by atoms with Crippen LogP contribution >= 0.6 is 0 Å². The quantitative estimate of drug-likeness (QED) is 0.908. The van der Waals surface area contributed by atoms with Gasteiger partial charge in [0.25, 0.3) is 0 Å². The van der Waals surface area contributed by atoms with Crippen LogP contribution in [0.2, 0.25) is 0 Å². The normalized spacial score (nSPS) is 40.9. The molecule has 0 saturated heterocycles. The molecular formula is C20H28N2O. The van der Waals surface area contributed by atoms with E-state index in [2.05, 4.69) is 49.2 Å². The molecule has 4 bridgehead atoms. The van der Waals surface area contributed by atoms with Gasteiger partial charge < -0.3 is 10.6 Å². The van der Waals surface area contributed by atoms with Crippen LogP contribution in [0, 0.1) is 17.3 Å². The summed E-state index contributed by atoms with van der Waals surface area (Å²) in [5.74, 6) is 1.01. The fourth-order valence-electron chi connectivity index (χ4n) is 6.53. The molecule has 4 saturated carbocycles. The minimum Gasteiger partial charge on any atom is -0.369 e. The van der Waals surface area contributed by atoms with Gasteiger partial charge in [-0.2, -0.15) is 0 Å². The standard InChI is InChI=1S/C20H28N2O/c1-3-9-22(2)17-14-10-19(15-7-5-4-6-8-15)12-16(17)20(11-14,13-19)18(21)23/h4-8,14,16-17H,3,9-13H2,1-2H3,(H2,21,23). The van der Waals surface area contributed by atoms with Crippen LogP contribution in [0.25, 0.3) is 0 Å². The summed E-state index contributed by atoms with van der Waals surface area (Å²) in [6.45, 7) is 3.35. The van der Waals surface area contributed by atoms with Gasteiger partial charge in [0.1, 0.15) is 0 Å². The molecule has 4 fully saturated rings. The molecule has 1 aromatic rings. The van der Waals surface area contributed by atoms with Crippen LogP contribution in [0.3, 0.4) is 0 Å². The van der Waals surface area contributed by atoms with Crippen molar-refractivity contribution in [3.05, 3.63) is 35.9 Å². The van der Waals surface area contributed by atoms with Gasteiger partial charge in [0.05, 0.1) is 5.41 Å². The SMILES string of the molecule is CCCN(C)C1C2CC3(c4ccccc4)CC1C(C(N)=O)(C2)C3. The van der Waals surface area contributed by atoms with E-state index in [1.165, 1.54) is 18.4 Å². The highest BCUT2D eigenvalue weighted by molar-refractivity contribution is 5.83. The van der Waals surface area contributed by atoms with Crippen LogP contribution < -0.4 is 5.73 Å². The summed E-state index contributed by atoms with van der Waals surface area (Å²) in [5, 5.41) is 0. The lowest BCUT2D eigenvalue weighted by Crippen LogP contribution is -2.46. The number of hydrogen-bond donors (Lipinski definition) is 1. The Labute approximate surface area is 139 Å². The number of nitrogens with two attached hydrogens (primary N) is 1. The molecule has 124 valence electrons. The molecule has 1 amide bonds. The summed E-state index contributed by atoms with van der Waals surface area (Å²) in [6.07, 6.45) is 5.51. The molecule has 5 atom stereocenters. The lowest BCUT2D eigenvalue weighted by atomic mass is 9.63. The molecular weight excluding hydrogens is 284 g/mol. The molecule has 0 aromatic heterocycles. The Morgan fingerprint density at radius 2 is 2.00 bits per heavy atom. The summed E-state index contributed by atoms with van der Waals surface area (Å²) in [7, 11) is 2.24. The maximum absolute atomic E-state index is 12.5. The second kappa shape index (κ2) is 5.07. The molecule has 2 N–H and O–H groups in total. The minimum atomic E-state index is -0.259. The van der Waals surface area contributed by atoms with Crippen LogP contribution in [0.15, 0.2) is 30.3 Å². The maximum Gasteiger partial charge on any atom is 0.224 e. The lowest BCUT2D eigenvalue weighted by Gasteiger charge is -2.45. The third-order valence-electron chi connectivity index (χ3n) is 7.11. The zero-order valence-corrected chi connectivity index (χ0v) is 14.3. The first-order chi connectivity index (χ1) is 11.0. The zero-order chi connectivity index (χ0) is 16.2. The zero-order valence-electron chi connectivity index (χ0n) is 14.3. The van der Waals surface area contributed by atoms with Crippen LogP contribution in [0.4, 0.5) is 0 Å². The second-order valence-corrected chi connectivity index (χ2v) is 8.29. The summed E-state index contributed by atoms with van der Waals surface area (Å²) in [6, 6.07) is 11.4. The Balaban J connectivity index is 1.74. The molecule has 4 aliphatic carbocycles. The monoisotopic (exact) mass is 312 g/mol. The van der Waals surface area contributed by atoms with Crippen LogP contribution in [-0.2, 0) is 10.2 Å². The number of rotatable bonds is 5. The number of primary amides is 1. The van der Waals surface area contributed by atoms with Crippen molar-refractivity contribution in [1.82, 2.24) is 4.90 Å². The second-order valence-electron chi connectivity index (χ2n) is 8.29. The summed E-state index contributed by atoms with van der Waals surface area (Å²) >= 11 is 0. The van der Waals surface area contributed by atoms with Crippen LogP contribution in [0.5, 0.6) is 0 Å². The molecule has 4 aliphatic rings. The van der Waals surface area contributed by atoms with Crippen molar-refractivity contribution >= 4 is 5.91 Å². The highest BCUT2D eigenvalue weighted by Gasteiger charge is 2.70. The predicted molar refractivity (Wildman–Crippen MR) is 91.9 cm³/mol. The molecule has 23 heavy (non-hydrogen) atoms. The van der Waals surface area contributed by atoms with E-state index in [1.807, 2.05) is 0 Å². The summed E-state index contributed by atoms with van der Waals surface area (Å²) in [4.78, 5) is 15.0. The Morgan fingerprint density at radius 1 is 1.26 bits per heavy atom. The molecule has 3 heteroatoms. The smallest absolute Gasteiger partial charge is 0.224 e. The Hall–Kier alpha value is -1.35. The average Bonchev–Trinajstić information content (AvgIpc) is 2.91. The van der Waals surface area contributed by atoms with Gasteiger partial charge in [-0.15, -0.1) is 0 Å². The minimum absolute atomic E-state index is 0.0441. The lowest BCUT2D eigenvalue weighted by molar-refractivity contribution is -0.129. The number of hydrogen-bond acceptors (Lipinski definition) is 2. The van der Waals surface area contributed by atoms with Gasteiger partial charge in [-0.05, 0) is 68.5 Å². The van der Waals surface area contributed by atoms with E-state index in [1.54, 1.807) is 0 Å². The molecule has 0 radical (unpaired) electrons. The van der Waals surface area contributed by atoms with Gasteiger partial charge in [-0.3, -0.25) is 4.79 Å². The average molecular weight is 312 g/mol. The number of carbonyl (C=O) groups excluding carboxylic acids is 1. The number of carbonyl (C=O) groups is 1. The van der Waals surface area contributed by atoms with Gasteiger partial charge in [-0.25, -0.2) is 0 Å². The highest BCUT2D eigenvalue weighted by Crippen LogP contribution is 2.71. The number of benzene rings is 1. The van der Waals surface area contributed by atoms with Crippen LogP contribution in [0.1, 0.15) is 44.6 Å². The predicted octanol–water partition coefficient (Wildman–Crippen LogP) is 2.94. The fraction of sp³-hybridized carbons (Fsp3) is 0.650. The fourth-order valence-corrected chi connectivity index (χ4v) is 6.53. The van der Waals surface area contributed by atoms with Crippen molar-refractivity contribution in [2.75, 3.05) is 13.6 Å². The van der Waals surface area contributed by atoms with Gasteiger partial charge in [0.2, 0.25) is 5.91 Å². The van der Waals surface area contributed by atoms with E-state index in [0.717, 1.165) is 25.8 Å². The van der Waals surface area contributed by atoms with Crippen molar-refractivity contribution in [2.45, 2.75) is 50.5 Å². The largest absolute Gasteiger partial charge is 0.369 e. The highest BCUT2D eigenvalue weighted by atomic mass is 16.1. The number of nitrogens with zero attached hydrogens (tertiary/aromatic N) is 1. The summed E-state index contributed by atoms with van der Waals surface area (Å²) < 4.78 is 0. The number of amides is 1. The first-order valence-corrected chi connectivity index (χ1v) is 9.08. The van der Waals surface area contributed by atoms with Crippen molar-refractivity contribution in [2.24, 2.45) is 23.0 Å². The van der Waals surface area contributed by atoms with Crippen molar-refractivity contribution in [3.8, 4) is 0 Å². The first-order valence-electron chi connectivity index (χ1n) is 9.08. The van der Waals surface area contributed by atoms with E-state index in [9.17, 15) is 4.79 Å². The molecule has 1 aromatic carbocycles. The van der Waals surface area contributed by atoms with Gasteiger partial charge >= 0.3 is 0 Å². The van der Waals surface area contributed by atoms with E-state index < -0.39 is 0 Å². The molecule has 0 spiro atoms. The maximum atomic E-state index is 12.5. The van der Waals surface area contributed by atoms with Gasteiger partial charge in [0, 0.05) is 6.04 Å².